The van der Waals surface area contributed by atoms with Gasteiger partial charge in [-0.05, 0) is 25.5 Å². The van der Waals surface area contributed by atoms with Gasteiger partial charge in [-0.1, -0.05) is 62.3 Å². The Bertz CT molecular complexity index is 1130. The van der Waals surface area contributed by atoms with Gasteiger partial charge in [-0.2, -0.15) is 0 Å². The van der Waals surface area contributed by atoms with E-state index in [2.05, 4.69) is 46.8 Å². The number of para-hydroxylation sites is 1. The van der Waals surface area contributed by atoms with Gasteiger partial charge in [-0.3, -0.25) is 9.59 Å². The fourth-order valence-corrected chi connectivity index (χ4v) is 5.83. The second-order valence-electron chi connectivity index (χ2n) is 10.8. The summed E-state index contributed by atoms with van der Waals surface area (Å²) in [6, 6.07) is 10.2. The maximum atomic E-state index is 12.9. The minimum absolute atomic E-state index is 0.0604. The number of anilines is 2. The third-order valence-electron chi connectivity index (χ3n) is 6.93. The molecule has 2 aliphatic heterocycles. The van der Waals surface area contributed by atoms with E-state index < -0.39 is 5.41 Å². The van der Waals surface area contributed by atoms with Crippen LogP contribution in [0, 0.1) is 12.3 Å². The Morgan fingerprint density at radius 2 is 1.70 bits per heavy atom. The predicted octanol–water partition coefficient (Wildman–Crippen LogP) is 3.96. The molecule has 0 N–H and O–H groups in total. The van der Waals surface area contributed by atoms with E-state index in [-0.39, 0.29) is 23.6 Å². The van der Waals surface area contributed by atoms with E-state index in [4.69, 9.17) is 16.6 Å². The van der Waals surface area contributed by atoms with Gasteiger partial charge in [0.15, 0.2) is 5.16 Å². The lowest BCUT2D eigenvalue weighted by Gasteiger charge is -2.42. The van der Waals surface area contributed by atoms with Crippen LogP contribution in [0.2, 0.25) is 5.15 Å². The van der Waals surface area contributed by atoms with Gasteiger partial charge in [-0.25, -0.2) is 9.97 Å². The number of benzene rings is 1. The van der Waals surface area contributed by atoms with E-state index in [0.29, 0.717) is 43.0 Å². The molecular formula is C27H37ClN6O2S. The molecule has 10 heteroatoms. The minimum atomic E-state index is -0.405. The fraction of sp³-hybridized carbons (Fsp3) is 0.556. The number of piperazine rings is 2. The van der Waals surface area contributed by atoms with Crippen molar-refractivity contribution >= 4 is 46.7 Å². The van der Waals surface area contributed by atoms with Crippen molar-refractivity contribution < 1.29 is 9.59 Å². The smallest absolute Gasteiger partial charge is 0.233 e. The van der Waals surface area contributed by atoms with Crippen molar-refractivity contribution in [3.05, 3.63) is 41.0 Å². The number of aryl methyl sites for hydroxylation is 1. The number of amides is 2. The van der Waals surface area contributed by atoms with Crippen molar-refractivity contribution in [3.8, 4) is 0 Å². The summed E-state index contributed by atoms with van der Waals surface area (Å²) in [6.07, 6.45) is 0. The topological polar surface area (TPSA) is 72.9 Å². The van der Waals surface area contributed by atoms with E-state index in [1.165, 1.54) is 23.0 Å². The standard InChI is InChI=1S/C27H37ClN6O2S/c1-19-8-6-7-9-21(19)31-10-12-32(13-11-31)24(35)18-37-26-29-22(28)16-23(30-26)33-14-15-34(20(2)17-33)25(36)27(3,4)5/h6-9,16,20H,10-15,17-18H2,1-5H3. The number of aromatic nitrogens is 2. The van der Waals surface area contributed by atoms with Crippen LogP contribution in [0.15, 0.2) is 35.5 Å². The second-order valence-corrected chi connectivity index (χ2v) is 12.1. The molecule has 1 aromatic carbocycles. The number of hydrogen-bond donors (Lipinski definition) is 0. The first-order valence-electron chi connectivity index (χ1n) is 12.8. The highest BCUT2D eigenvalue weighted by Gasteiger charge is 2.34. The molecule has 200 valence electrons. The van der Waals surface area contributed by atoms with E-state index in [0.717, 1.165) is 18.9 Å². The average molecular weight is 545 g/mol. The van der Waals surface area contributed by atoms with Crippen molar-refractivity contribution in [2.75, 3.05) is 61.4 Å². The molecule has 2 aliphatic rings. The first-order valence-corrected chi connectivity index (χ1v) is 14.2. The van der Waals surface area contributed by atoms with Crippen molar-refractivity contribution in [3.63, 3.8) is 0 Å². The van der Waals surface area contributed by atoms with Gasteiger partial charge in [0.2, 0.25) is 11.8 Å². The Morgan fingerprint density at radius 1 is 1.03 bits per heavy atom. The third kappa shape index (κ3) is 6.68. The molecule has 2 amide bonds. The van der Waals surface area contributed by atoms with Crippen LogP contribution in [0.1, 0.15) is 33.3 Å². The molecular weight excluding hydrogens is 508 g/mol. The monoisotopic (exact) mass is 544 g/mol. The number of nitrogens with zero attached hydrogens (tertiary/aromatic N) is 6. The maximum absolute atomic E-state index is 12.9. The van der Waals surface area contributed by atoms with E-state index in [1.54, 1.807) is 6.07 Å². The number of carbonyl (C=O) groups is 2. The molecule has 4 rings (SSSR count). The zero-order chi connectivity index (χ0) is 26.7. The summed E-state index contributed by atoms with van der Waals surface area (Å²) >= 11 is 7.66. The van der Waals surface area contributed by atoms with Crippen LogP contribution in [0.4, 0.5) is 11.5 Å². The highest BCUT2D eigenvalue weighted by molar-refractivity contribution is 7.99. The summed E-state index contributed by atoms with van der Waals surface area (Å²) in [4.78, 5) is 43.1. The predicted molar refractivity (Wildman–Crippen MR) is 151 cm³/mol. The van der Waals surface area contributed by atoms with E-state index in [1.807, 2.05) is 36.6 Å². The summed E-state index contributed by atoms with van der Waals surface area (Å²) in [5.74, 6) is 1.25. The summed E-state index contributed by atoms with van der Waals surface area (Å²) in [7, 11) is 0. The van der Waals surface area contributed by atoms with Crippen LogP contribution in [0.5, 0.6) is 0 Å². The van der Waals surface area contributed by atoms with Gasteiger partial charge < -0.3 is 19.6 Å². The Morgan fingerprint density at radius 3 is 2.35 bits per heavy atom. The van der Waals surface area contributed by atoms with Gasteiger partial charge in [0.1, 0.15) is 11.0 Å². The highest BCUT2D eigenvalue weighted by Crippen LogP contribution is 2.27. The molecule has 0 aliphatic carbocycles. The zero-order valence-electron chi connectivity index (χ0n) is 22.4. The Balaban J connectivity index is 1.32. The number of thioether (sulfide) groups is 1. The van der Waals surface area contributed by atoms with Gasteiger partial charge >= 0.3 is 0 Å². The lowest BCUT2D eigenvalue weighted by atomic mass is 9.93. The average Bonchev–Trinajstić information content (AvgIpc) is 2.86. The highest BCUT2D eigenvalue weighted by atomic mass is 35.5. The van der Waals surface area contributed by atoms with Crippen LogP contribution >= 0.6 is 23.4 Å². The third-order valence-corrected chi connectivity index (χ3v) is 7.95. The van der Waals surface area contributed by atoms with E-state index in [9.17, 15) is 9.59 Å². The molecule has 3 heterocycles. The first kappa shape index (κ1) is 27.5. The van der Waals surface area contributed by atoms with Crippen LogP contribution in [0.3, 0.4) is 0 Å². The zero-order valence-corrected chi connectivity index (χ0v) is 24.0. The molecule has 1 atom stereocenters. The molecule has 2 saturated heterocycles. The molecule has 0 bridgehead atoms. The summed E-state index contributed by atoms with van der Waals surface area (Å²) in [6.45, 7) is 15.1. The van der Waals surface area contributed by atoms with E-state index >= 15 is 0 Å². The lowest BCUT2D eigenvalue weighted by molar-refractivity contribution is -0.142. The Hall–Kier alpha value is -2.52. The van der Waals surface area contributed by atoms with Crippen LogP contribution in [0.25, 0.3) is 0 Å². The summed E-state index contributed by atoms with van der Waals surface area (Å²) < 4.78 is 0. The Labute approximate surface area is 229 Å². The van der Waals surface area contributed by atoms with Gasteiger partial charge in [0.05, 0.1) is 5.75 Å². The minimum Gasteiger partial charge on any atom is -0.368 e. The van der Waals surface area contributed by atoms with Gasteiger partial charge in [-0.15, -0.1) is 0 Å². The molecule has 37 heavy (non-hydrogen) atoms. The number of rotatable bonds is 5. The summed E-state index contributed by atoms with van der Waals surface area (Å²) in [5, 5.41) is 0.850. The number of carbonyl (C=O) groups excluding carboxylic acids is 2. The molecule has 0 spiro atoms. The van der Waals surface area contributed by atoms with Crippen molar-refractivity contribution in [1.82, 2.24) is 19.8 Å². The Kier molecular flexibility index (Phi) is 8.53. The molecule has 0 saturated carbocycles. The summed E-state index contributed by atoms with van der Waals surface area (Å²) in [5.41, 5.74) is 2.09. The number of hydrogen-bond acceptors (Lipinski definition) is 7. The maximum Gasteiger partial charge on any atom is 0.233 e. The van der Waals surface area contributed by atoms with Crippen LogP contribution < -0.4 is 9.80 Å². The number of halogens is 1. The second kappa shape index (κ2) is 11.5. The molecule has 1 aromatic heterocycles. The normalized spacial score (nSPS) is 18.8. The molecule has 8 nitrogen and oxygen atoms in total. The molecule has 2 fully saturated rings. The SMILES string of the molecule is Cc1ccccc1N1CCN(C(=O)CSc2nc(Cl)cc(N3CCN(C(=O)C(C)(C)C)C(C)C3)n2)CC1. The van der Waals surface area contributed by atoms with Crippen molar-refractivity contribution in [2.24, 2.45) is 5.41 Å². The first-order chi connectivity index (χ1) is 17.5. The quantitative estimate of drug-likeness (QED) is 0.320. The van der Waals surface area contributed by atoms with Crippen molar-refractivity contribution in [2.45, 2.75) is 45.8 Å². The lowest BCUT2D eigenvalue weighted by Crippen LogP contribution is -2.56. The van der Waals surface area contributed by atoms with Crippen molar-refractivity contribution in [1.29, 1.82) is 0 Å². The van der Waals surface area contributed by atoms with Gasteiger partial charge in [0.25, 0.3) is 0 Å². The molecule has 2 aromatic rings. The fourth-order valence-electron chi connectivity index (χ4n) is 4.84. The van der Waals surface area contributed by atoms with Crippen LogP contribution in [-0.2, 0) is 9.59 Å². The largest absolute Gasteiger partial charge is 0.368 e. The molecule has 1 unspecified atom stereocenters. The molecule has 0 radical (unpaired) electrons. The van der Waals surface area contributed by atoms with Gasteiger partial charge in [0, 0.05) is 69.0 Å². The van der Waals surface area contributed by atoms with Crippen LogP contribution in [-0.4, -0.2) is 89.2 Å².